The number of carbonyl (C=O) groups is 1. The van der Waals surface area contributed by atoms with Gasteiger partial charge < -0.3 is 4.90 Å². The van der Waals surface area contributed by atoms with Crippen LogP contribution in [0.1, 0.15) is 23.1 Å². The molecule has 1 fully saturated rings. The number of hydrogen-bond acceptors (Lipinski definition) is 3. The van der Waals surface area contributed by atoms with Crippen LogP contribution in [0.4, 0.5) is 5.69 Å². The van der Waals surface area contributed by atoms with Gasteiger partial charge in [-0.1, -0.05) is 24.3 Å². The fourth-order valence-electron chi connectivity index (χ4n) is 3.05. The van der Waals surface area contributed by atoms with E-state index in [1.165, 1.54) is 0 Å². The van der Waals surface area contributed by atoms with Crippen molar-refractivity contribution < 1.29 is 13.2 Å². The van der Waals surface area contributed by atoms with Crippen molar-refractivity contribution in [1.82, 2.24) is 4.72 Å². The molecule has 1 heterocycles. The summed E-state index contributed by atoms with van der Waals surface area (Å²) in [6.07, 6.45) is 0.455. The summed E-state index contributed by atoms with van der Waals surface area (Å²) in [5, 5.41) is 0. The molecular formula is C19H22N2O3S. The van der Waals surface area contributed by atoms with Crippen LogP contribution < -0.4 is 9.62 Å². The fourth-order valence-corrected chi connectivity index (χ4v) is 4.52. The first kappa shape index (κ1) is 17.6. The third-order valence-electron chi connectivity index (χ3n) is 4.69. The third-order valence-corrected chi connectivity index (χ3v) is 6.32. The summed E-state index contributed by atoms with van der Waals surface area (Å²) < 4.78 is 27.8. The van der Waals surface area contributed by atoms with Crippen LogP contribution in [0.15, 0.2) is 47.4 Å². The lowest BCUT2D eigenvalue weighted by atomic mass is 10.1. The van der Waals surface area contributed by atoms with Crippen LogP contribution >= 0.6 is 0 Å². The molecule has 0 saturated carbocycles. The number of aryl methyl sites for hydroxylation is 3. The summed E-state index contributed by atoms with van der Waals surface area (Å²) in [5.74, 6) is -0.208. The number of rotatable bonds is 4. The third kappa shape index (κ3) is 3.45. The minimum atomic E-state index is -3.73. The van der Waals surface area contributed by atoms with Crippen molar-refractivity contribution >= 4 is 21.6 Å². The molecule has 1 amide bonds. The Hall–Kier alpha value is -2.18. The number of nitrogens with zero attached hydrogens (tertiary/aromatic N) is 1. The molecule has 0 bridgehead atoms. The average Bonchev–Trinajstić information content (AvgIpc) is 2.91. The zero-order valence-corrected chi connectivity index (χ0v) is 15.4. The molecule has 1 N–H and O–H groups in total. The highest BCUT2D eigenvalue weighted by molar-refractivity contribution is 7.89. The van der Waals surface area contributed by atoms with Crippen LogP contribution in [-0.2, 0) is 14.8 Å². The van der Waals surface area contributed by atoms with E-state index < -0.39 is 16.1 Å². The highest BCUT2D eigenvalue weighted by Crippen LogP contribution is 2.25. The van der Waals surface area contributed by atoms with Gasteiger partial charge in [0, 0.05) is 12.2 Å². The van der Waals surface area contributed by atoms with Crippen LogP contribution in [-0.4, -0.2) is 26.9 Å². The first-order valence-electron chi connectivity index (χ1n) is 8.26. The molecule has 2 aromatic carbocycles. The standard InChI is InChI=1S/C19H22N2O3S/c1-13-8-9-16(12-15(13)3)21-11-10-17(19(21)22)20-25(23,24)18-7-5-4-6-14(18)2/h4-9,12,17,20H,10-11H2,1-3H3/t17-/m0/s1. The van der Waals surface area contributed by atoms with Crippen LogP contribution in [0.25, 0.3) is 0 Å². The van der Waals surface area contributed by atoms with Gasteiger partial charge in [-0.3, -0.25) is 4.79 Å². The highest BCUT2D eigenvalue weighted by atomic mass is 32.2. The van der Waals surface area contributed by atoms with Gasteiger partial charge in [0.2, 0.25) is 15.9 Å². The van der Waals surface area contributed by atoms with Crippen LogP contribution in [0.2, 0.25) is 0 Å². The van der Waals surface area contributed by atoms with Gasteiger partial charge in [-0.25, -0.2) is 8.42 Å². The van der Waals surface area contributed by atoms with E-state index in [-0.39, 0.29) is 10.8 Å². The summed E-state index contributed by atoms with van der Waals surface area (Å²) >= 11 is 0. The number of sulfonamides is 1. The number of nitrogens with one attached hydrogen (secondary N) is 1. The minimum Gasteiger partial charge on any atom is -0.311 e. The van der Waals surface area contributed by atoms with E-state index in [9.17, 15) is 13.2 Å². The van der Waals surface area contributed by atoms with Gasteiger partial charge in [-0.05, 0) is 62.1 Å². The molecular weight excluding hydrogens is 336 g/mol. The largest absolute Gasteiger partial charge is 0.311 e. The summed E-state index contributed by atoms with van der Waals surface area (Å²) in [4.78, 5) is 14.6. The van der Waals surface area contributed by atoms with Crippen molar-refractivity contribution in [2.24, 2.45) is 0 Å². The van der Waals surface area contributed by atoms with Crippen molar-refractivity contribution in [3.05, 3.63) is 59.2 Å². The van der Waals surface area contributed by atoms with Gasteiger partial charge in [0.1, 0.15) is 6.04 Å². The SMILES string of the molecule is Cc1ccc(N2CC[C@H](NS(=O)(=O)c3ccccc3C)C2=O)cc1C. The molecule has 1 aliphatic heterocycles. The Balaban J connectivity index is 1.80. The Bertz CT molecular complexity index is 922. The minimum absolute atomic E-state index is 0.208. The first-order chi connectivity index (χ1) is 11.8. The number of amides is 1. The van der Waals surface area contributed by atoms with E-state index in [1.807, 2.05) is 32.0 Å². The van der Waals surface area contributed by atoms with Gasteiger partial charge >= 0.3 is 0 Å². The van der Waals surface area contributed by atoms with E-state index in [4.69, 9.17) is 0 Å². The number of benzene rings is 2. The summed E-state index contributed by atoms with van der Waals surface area (Å²) in [6, 6.07) is 11.9. The maximum atomic E-state index is 12.7. The van der Waals surface area contributed by atoms with Gasteiger partial charge in [0.05, 0.1) is 4.90 Å². The van der Waals surface area contributed by atoms with Crippen LogP contribution in [0, 0.1) is 20.8 Å². The van der Waals surface area contributed by atoms with Crippen molar-refractivity contribution in [1.29, 1.82) is 0 Å². The fraction of sp³-hybridized carbons (Fsp3) is 0.316. The monoisotopic (exact) mass is 358 g/mol. The van der Waals surface area contributed by atoms with E-state index in [1.54, 1.807) is 36.1 Å². The second-order valence-electron chi connectivity index (χ2n) is 6.49. The average molecular weight is 358 g/mol. The van der Waals surface area contributed by atoms with Crippen molar-refractivity contribution in [3.63, 3.8) is 0 Å². The molecule has 0 aromatic heterocycles. The molecule has 0 radical (unpaired) electrons. The number of anilines is 1. The lowest BCUT2D eigenvalue weighted by Gasteiger charge is -2.18. The van der Waals surface area contributed by atoms with Gasteiger partial charge in [0.15, 0.2) is 0 Å². The molecule has 132 valence electrons. The Labute approximate surface area is 148 Å². The predicted octanol–water partition coefficient (Wildman–Crippen LogP) is 2.70. The lowest BCUT2D eigenvalue weighted by molar-refractivity contribution is -0.118. The van der Waals surface area contributed by atoms with E-state index in [0.717, 1.165) is 16.8 Å². The highest BCUT2D eigenvalue weighted by Gasteiger charge is 2.36. The van der Waals surface area contributed by atoms with E-state index >= 15 is 0 Å². The van der Waals surface area contributed by atoms with Gasteiger partial charge in [-0.15, -0.1) is 0 Å². The molecule has 25 heavy (non-hydrogen) atoms. The van der Waals surface area contributed by atoms with Crippen LogP contribution in [0.5, 0.6) is 0 Å². The predicted molar refractivity (Wildman–Crippen MR) is 98.2 cm³/mol. The molecule has 1 aliphatic rings. The normalized spacial score (nSPS) is 18.0. The van der Waals surface area contributed by atoms with E-state index in [2.05, 4.69) is 4.72 Å². The smallest absolute Gasteiger partial charge is 0.245 e. The maximum Gasteiger partial charge on any atom is 0.245 e. The zero-order chi connectivity index (χ0) is 18.2. The molecule has 2 aromatic rings. The quantitative estimate of drug-likeness (QED) is 0.914. The molecule has 1 saturated heterocycles. The molecule has 6 heteroatoms. The molecule has 1 atom stereocenters. The van der Waals surface area contributed by atoms with Crippen molar-refractivity contribution in [3.8, 4) is 0 Å². The molecule has 3 rings (SSSR count). The van der Waals surface area contributed by atoms with Crippen molar-refractivity contribution in [2.45, 2.75) is 38.1 Å². The molecule has 0 spiro atoms. The zero-order valence-electron chi connectivity index (χ0n) is 14.6. The molecule has 0 unspecified atom stereocenters. The first-order valence-corrected chi connectivity index (χ1v) is 9.74. The number of hydrogen-bond donors (Lipinski definition) is 1. The summed E-state index contributed by atoms with van der Waals surface area (Å²) in [5.41, 5.74) is 3.73. The maximum absolute atomic E-state index is 12.7. The summed E-state index contributed by atoms with van der Waals surface area (Å²) in [6.45, 7) is 6.26. The number of carbonyl (C=O) groups excluding carboxylic acids is 1. The Morgan fingerprint density at radius 1 is 1.00 bits per heavy atom. The van der Waals surface area contributed by atoms with E-state index in [0.29, 0.717) is 18.5 Å². The summed E-state index contributed by atoms with van der Waals surface area (Å²) in [7, 11) is -3.73. The second kappa shape index (κ2) is 6.61. The van der Waals surface area contributed by atoms with Gasteiger partial charge in [0.25, 0.3) is 0 Å². The Morgan fingerprint density at radius 2 is 1.72 bits per heavy atom. The molecule has 5 nitrogen and oxygen atoms in total. The van der Waals surface area contributed by atoms with Gasteiger partial charge in [-0.2, -0.15) is 4.72 Å². The van der Waals surface area contributed by atoms with Crippen molar-refractivity contribution in [2.75, 3.05) is 11.4 Å². The second-order valence-corrected chi connectivity index (χ2v) is 8.17. The lowest BCUT2D eigenvalue weighted by Crippen LogP contribution is -2.41. The Kier molecular flexibility index (Phi) is 4.67. The Morgan fingerprint density at radius 3 is 2.40 bits per heavy atom. The molecule has 0 aliphatic carbocycles. The topological polar surface area (TPSA) is 66.5 Å². The van der Waals surface area contributed by atoms with Crippen LogP contribution in [0.3, 0.4) is 0 Å².